The number of nitrogens with zero attached hydrogens (tertiary/aromatic N) is 3. The Balaban J connectivity index is 2.44. The van der Waals surface area contributed by atoms with Gasteiger partial charge in [-0.15, -0.1) is 0 Å². The van der Waals surface area contributed by atoms with Gasteiger partial charge in [-0.2, -0.15) is 4.98 Å². The molecule has 0 radical (unpaired) electrons. The molecule has 0 fully saturated rings. The Kier molecular flexibility index (Phi) is 4.15. The van der Waals surface area contributed by atoms with E-state index in [-0.39, 0.29) is 22.5 Å². The van der Waals surface area contributed by atoms with Crippen molar-refractivity contribution >= 4 is 51.4 Å². The molecule has 0 spiro atoms. The van der Waals surface area contributed by atoms with Crippen LogP contribution in [-0.4, -0.2) is 14.9 Å². The summed E-state index contributed by atoms with van der Waals surface area (Å²) < 4.78 is 1.06. The number of nitro groups is 1. The fourth-order valence-electron chi connectivity index (χ4n) is 1.51. The maximum absolute atomic E-state index is 11.0. The van der Waals surface area contributed by atoms with Crippen LogP contribution in [0.5, 0.6) is 0 Å². The molecule has 98 valence electrons. The molecule has 0 unspecified atom stereocenters. The maximum Gasteiger partial charge on any atom is 0.332 e. The number of rotatable bonds is 3. The van der Waals surface area contributed by atoms with E-state index in [1.54, 1.807) is 12.1 Å². The highest BCUT2D eigenvalue weighted by molar-refractivity contribution is 14.1. The third kappa shape index (κ3) is 3.29. The molecule has 8 heteroatoms. The molecule has 0 saturated heterocycles. The van der Waals surface area contributed by atoms with Gasteiger partial charge >= 0.3 is 5.69 Å². The standard InChI is InChI=1S/C11H8ClIN4O2/c1-6-9(17(18)19)10(16-11(12)14-6)15-8-4-2-7(13)3-5-8/h2-5H,1H3,(H,14,15,16). The van der Waals surface area contributed by atoms with Crippen LogP contribution in [0.2, 0.25) is 5.28 Å². The van der Waals surface area contributed by atoms with Crippen LogP contribution in [-0.2, 0) is 0 Å². The normalized spacial score (nSPS) is 10.3. The molecule has 1 heterocycles. The fraction of sp³-hybridized carbons (Fsp3) is 0.0909. The van der Waals surface area contributed by atoms with Crippen molar-refractivity contribution in [3.05, 3.63) is 48.9 Å². The van der Waals surface area contributed by atoms with Crippen molar-refractivity contribution < 1.29 is 4.92 Å². The van der Waals surface area contributed by atoms with Crippen LogP contribution in [0.25, 0.3) is 0 Å². The second kappa shape index (κ2) is 5.66. The van der Waals surface area contributed by atoms with Crippen molar-refractivity contribution in [2.75, 3.05) is 5.32 Å². The van der Waals surface area contributed by atoms with Crippen LogP contribution in [0.4, 0.5) is 17.2 Å². The smallest absolute Gasteiger partial charge is 0.332 e. The SMILES string of the molecule is Cc1nc(Cl)nc(Nc2ccc(I)cc2)c1[N+](=O)[O-]. The monoisotopic (exact) mass is 390 g/mol. The fourth-order valence-corrected chi connectivity index (χ4v) is 2.08. The molecule has 0 bridgehead atoms. The van der Waals surface area contributed by atoms with E-state index >= 15 is 0 Å². The first kappa shape index (κ1) is 13.9. The van der Waals surface area contributed by atoms with Crippen molar-refractivity contribution in [2.24, 2.45) is 0 Å². The topological polar surface area (TPSA) is 81.0 Å². The Morgan fingerprint density at radius 1 is 1.32 bits per heavy atom. The lowest BCUT2D eigenvalue weighted by molar-refractivity contribution is -0.385. The van der Waals surface area contributed by atoms with Gasteiger partial charge in [0, 0.05) is 9.26 Å². The van der Waals surface area contributed by atoms with Crippen molar-refractivity contribution in [3.8, 4) is 0 Å². The summed E-state index contributed by atoms with van der Waals surface area (Å²) in [5.74, 6) is 0.0868. The minimum atomic E-state index is -0.527. The average Bonchev–Trinajstić information content (AvgIpc) is 2.30. The predicted octanol–water partition coefficient (Wildman–Crippen LogP) is 3.69. The predicted molar refractivity (Wildman–Crippen MR) is 80.9 cm³/mol. The summed E-state index contributed by atoms with van der Waals surface area (Å²) in [6.07, 6.45) is 0. The Bertz CT molecular complexity index is 633. The van der Waals surface area contributed by atoms with Crippen molar-refractivity contribution in [2.45, 2.75) is 6.92 Å². The molecule has 0 atom stereocenters. The molecule has 1 aromatic carbocycles. The maximum atomic E-state index is 11.0. The van der Waals surface area contributed by atoms with Crippen LogP contribution < -0.4 is 5.32 Å². The van der Waals surface area contributed by atoms with E-state index in [9.17, 15) is 10.1 Å². The number of hydrogen-bond acceptors (Lipinski definition) is 5. The van der Waals surface area contributed by atoms with Crippen LogP contribution >= 0.6 is 34.2 Å². The van der Waals surface area contributed by atoms with Gasteiger partial charge < -0.3 is 5.32 Å². The lowest BCUT2D eigenvalue weighted by Crippen LogP contribution is -2.04. The largest absolute Gasteiger partial charge is 0.334 e. The Labute approximate surface area is 127 Å². The first-order valence-electron chi connectivity index (χ1n) is 5.18. The molecule has 2 rings (SSSR count). The second-order valence-corrected chi connectivity index (χ2v) is 5.25. The molecule has 1 N–H and O–H groups in total. The van der Waals surface area contributed by atoms with E-state index in [0.29, 0.717) is 5.69 Å². The van der Waals surface area contributed by atoms with Gasteiger partial charge in [-0.1, -0.05) is 0 Å². The quantitative estimate of drug-likeness (QED) is 0.374. The first-order valence-corrected chi connectivity index (χ1v) is 6.64. The molecule has 6 nitrogen and oxygen atoms in total. The molecule has 1 aromatic heterocycles. The number of nitrogens with one attached hydrogen (secondary N) is 1. The molecule has 0 amide bonds. The zero-order chi connectivity index (χ0) is 14.0. The summed E-state index contributed by atoms with van der Waals surface area (Å²) in [4.78, 5) is 18.2. The summed E-state index contributed by atoms with van der Waals surface area (Å²) in [5, 5.41) is 13.9. The van der Waals surface area contributed by atoms with Crippen LogP contribution in [0, 0.1) is 20.6 Å². The molecule has 0 aliphatic carbocycles. The van der Waals surface area contributed by atoms with E-state index < -0.39 is 4.92 Å². The van der Waals surface area contributed by atoms with E-state index in [1.165, 1.54) is 6.92 Å². The van der Waals surface area contributed by atoms with E-state index in [0.717, 1.165) is 3.57 Å². The highest BCUT2D eigenvalue weighted by atomic mass is 127. The Morgan fingerprint density at radius 2 is 1.95 bits per heavy atom. The number of aryl methyl sites for hydroxylation is 1. The molecular weight excluding hydrogens is 383 g/mol. The number of halogens is 2. The summed E-state index contributed by atoms with van der Waals surface area (Å²) >= 11 is 7.90. The molecular formula is C11H8ClIN4O2. The molecule has 0 aliphatic rings. The van der Waals surface area contributed by atoms with Crippen molar-refractivity contribution in [1.82, 2.24) is 9.97 Å². The number of aromatic nitrogens is 2. The minimum absolute atomic E-state index is 0.0314. The third-order valence-electron chi connectivity index (χ3n) is 2.32. The van der Waals surface area contributed by atoms with Crippen molar-refractivity contribution in [1.29, 1.82) is 0 Å². The number of benzene rings is 1. The highest BCUT2D eigenvalue weighted by Gasteiger charge is 2.21. The average molecular weight is 391 g/mol. The lowest BCUT2D eigenvalue weighted by Gasteiger charge is -2.07. The van der Waals surface area contributed by atoms with E-state index in [1.807, 2.05) is 12.1 Å². The van der Waals surface area contributed by atoms with Gasteiger partial charge in [0.25, 0.3) is 0 Å². The lowest BCUT2D eigenvalue weighted by atomic mass is 10.3. The molecule has 2 aromatic rings. The summed E-state index contributed by atoms with van der Waals surface area (Å²) in [5.41, 5.74) is 0.735. The minimum Gasteiger partial charge on any atom is -0.334 e. The van der Waals surface area contributed by atoms with Crippen molar-refractivity contribution in [3.63, 3.8) is 0 Å². The number of anilines is 2. The molecule has 19 heavy (non-hydrogen) atoms. The summed E-state index contributed by atoms with van der Waals surface area (Å²) in [6.45, 7) is 1.52. The number of hydrogen-bond donors (Lipinski definition) is 1. The van der Waals surface area contributed by atoms with Gasteiger partial charge in [0.05, 0.1) is 4.92 Å². The molecule has 0 aliphatic heterocycles. The summed E-state index contributed by atoms with van der Waals surface area (Å²) in [7, 11) is 0. The van der Waals surface area contributed by atoms with Crippen LogP contribution in [0.15, 0.2) is 24.3 Å². The highest BCUT2D eigenvalue weighted by Crippen LogP contribution is 2.29. The Hall–Kier alpha value is -1.48. The zero-order valence-corrected chi connectivity index (χ0v) is 12.6. The van der Waals surface area contributed by atoms with Gasteiger partial charge in [-0.25, -0.2) is 4.98 Å². The van der Waals surface area contributed by atoms with E-state index in [4.69, 9.17) is 11.6 Å². The second-order valence-electron chi connectivity index (χ2n) is 3.66. The van der Waals surface area contributed by atoms with Crippen LogP contribution in [0.3, 0.4) is 0 Å². The van der Waals surface area contributed by atoms with Gasteiger partial charge in [-0.05, 0) is 65.4 Å². The molecule has 0 saturated carbocycles. The first-order chi connectivity index (χ1) is 8.97. The zero-order valence-electron chi connectivity index (χ0n) is 9.72. The van der Waals surface area contributed by atoms with Gasteiger partial charge in [0.2, 0.25) is 11.1 Å². The van der Waals surface area contributed by atoms with Gasteiger partial charge in [-0.3, -0.25) is 10.1 Å². The summed E-state index contributed by atoms with van der Waals surface area (Å²) in [6, 6.07) is 7.36. The van der Waals surface area contributed by atoms with Gasteiger partial charge in [0.15, 0.2) is 0 Å². The third-order valence-corrected chi connectivity index (χ3v) is 3.21. The van der Waals surface area contributed by atoms with Gasteiger partial charge in [0.1, 0.15) is 5.69 Å². The van der Waals surface area contributed by atoms with Crippen LogP contribution in [0.1, 0.15) is 5.69 Å². The Morgan fingerprint density at radius 3 is 2.53 bits per heavy atom. The van der Waals surface area contributed by atoms with E-state index in [2.05, 4.69) is 37.9 Å².